The number of hydrogen-bond acceptors (Lipinski definition) is 5. The topological polar surface area (TPSA) is 55.2 Å². The van der Waals surface area contributed by atoms with E-state index in [1.54, 1.807) is 22.1 Å². The first-order valence-electron chi connectivity index (χ1n) is 8.62. The summed E-state index contributed by atoms with van der Waals surface area (Å²) in [5.74, 6) is 0.0604. The molecule has 1 fully saturated rings. The van der Waals surface area contributed by atoms with Crippen molar-refractivity contribution in [1.82, 2.24) is 14.7 Å². The van der Waals surface area contributed by atoms with Gasteiger partial charge in [0.15, 0.2) is 9.84 Å². The highest BCUT2D eigenvalue weighted by Gasteiger charge is 2.50. The maximum Gasteiger partial charge on any atom is 0.183 e. The molecule has 2 aliphatic heterocycles. The van der Waals surface area contributed by atoms with E-state index in [1.165, 1.54) is 5.56 Å². The van der Waals surface area contributed by atoms with Gasteiger partial charge in [-0.05, 0) is 45.6 Å². The third-order valence-electron chi connectivity index (χ3n) is 5.48. The van der Waals surface area contributed by atoms with Crippen molar-refractivity contribution < 1.29 is 8.42 Å². The predicted molar refractivity (Wildman–Crippen MR) is 102 cm³/mol. The van der Waals surface area contributed by atoms with E-state index in [1.807, 2.05) is 25.5 Å². The summed E-state index contributed by atoms with van der Waals surface area (Å²) in [6.45, 7) is 2.23. The standard InChI is InChI=1S/C19H19N3O2S2/c1-21-9-15(7-20-21)14-2-3-18-16(6-14)17-10-22(8-13-4-5-25-12-13)11-19(17)26(18,23)24/h2-7,9,12,17,19H,8,10-11H2,1H3/t17-,19-/m1/s1. The average molecular weight is 386 g/mol. The second kappa shape index (κ2) is 5.77. The van der Waals surface area contributed by atoms with E-state index in [9.17, 15) is 8.42 Å². The van der Waals surface area contributed by atoms with Crippen molar-refractivity contribution in [1.29, 1.82) is 0 Å². The van der Waals surface area contributed by atoms with E-state index in [2.05, 4.69) is 32.9 Å². The molecule has 2 aliphatic rings. The molecule has 134 valence electrons. The molecule has 1 saturated heterocycles. The third kappa shape index (κ3) is 2.46. The summed E-state index contributed by atoms with van der Waals surface area (Å²) < 4.78 is 27.8. The monoisotopic (exact) mass is 385 g/mol. The van der Waals surface area contributed by atoms with Crippen molar-refractivity contribution in [2.24, 2.45) is 7.05 Å². The molecule has 26 heavy (non-hydrogen) atoms. The van der Waals surface area contributed by atoms with Gasteiger partial charge in [0, 0.05) is 44.4 Å². The van der Waals surface area contributed by atoms with Gasteiger partial charge >= 0.3 is 0 Å². The zero-order chi connectivity index (χ0) is 17.9. The zero-order valence-electron chi connectivity index (χ0n) is 14.4. The molecule has 5 rings (SSSR count). The number of hydrogen-bond donors (Lipinski definition) is 0. The van der Waals surface area contributed by atoms with Crippen LogP contribution in [0, 0.1) is 0 Å². The fourth-order valence-electron chi connectivity index (χ4n) is 4.25. The molecule has 0 bridgehead atoms. The summed E-state index contributed by atoms with van der Waals surface area (Å²) in [5, 5.41) is 8.11. The minimum absolute atomic E-state index is 0.0604. The Morgan fingerprint density at radius 1 is 1.23 bits per heavy atom. The molecule has 3 aromatic rings. The summed E-state index contributed by atoms with van der Waals surface area (Å²) in [4.78, 5) is 2.80. The van der Waals surface area contributed by atoms with Gasteiger partial charge in [-0.2, -0.15) is 16.4 Å². The molecule has 0 N–H and O–H groups in total. The van der Waals surface area contributed by atoms with Crippen LogP contribution in [0.5, 0.6) is 0 Å². The number of benzene rings is 1. The van der Waals surface area contributed by atoms with Crippen molar-refractivity contribution in [2.75, 3.05) is 13.1 Å². The van der Waals surface area contributed by atoms with Crippen molar-refractivity contribution in [3.05, 3.63) is 58.5 Å². The lowest BCUT2D eigenvalue weighted by molar-refractivity contribution is 0.326. The van der Waals surface area contributed by atoms with E-state index in [-0.39, 0.29) is 11.2 Å². The van der Waals surface area contributed by atoms with E-state index >= 15 is 0 Å². The number of aryl methyl sites for hydroxylation is 1. The molecule has 0 saturated carbocycles. The van der Waals surface area contributed by atoms with Gasteiger partial charge in [0.05, 0.1) is 16.3 Å². The molecule has 0 spiro atoms. The van der Waals surface area contributed by atoms with E-state index < -0.39 is 9.84 Å². The fourth-order valence-corrected chi connectivity index (χ4v) is 7.10. The van der Waals surface area contributed by atoms with Crippen molar-refractivity contribution in [3.8, 4) is 11.1 Å². The molecule has 0 radical (unpaired) electrons. The third-order valence-corrected chi connectivity index (χ3v) is 8.47. The van der Waals surface area contributed by atoms with Crippen LogP contribution in [0.2, 0.25) is 0 Å². The highest BCUT2D eigenvalue weighted by atomic mass is 32.2. The Labute approximate surface area is 156 Å². The number of sulfone groups is 1. The van der Waals surface area contributed by atoms with Gasteiger partial charge in [-0.15, -0.1) is 0 Å². The van der Waals surface area contributed by atoms with Crippen molar-refractivity contribution in [3.63, 3.8) is 0 Å². The maximum absolute atomic E-state index is 13.0. The predicted octanol–water partition coefficient (Wildman–Crippen LogP) is 2.90. The van der Waals surface area contributed by atoms with E-state index in [4.69, 9.17) is 0 Å². The highest BCUT2D eigenvalue weighted by Crippen LogP contribution is 2.46. The number of nitrogens with zero attached hydrogens (tertiary/aromatic N) is 3. The lowest BCUT2D eigenvalue weighted by Crippen LogP contribution is -2.25. The molecule has 4 heterocycles. The van der Waals surface area contributed by atoms with Crippen LogP contribution in [0.3, 0.4) is 0 Å². The normalized spacial score (nSPS) is 23.9. The van der Waals surface area contributed by atoms with Crippen LogP contribution in [0.1, 0.15) is 17.0 Å². The number of likely N-dealkylation sites (tertiary alicyclic amines) is 1. The largest absolute Gasteiger partial charge is 0.297 e. The van der Waals surface area contributed by atoms with Gasteiger partial charge in [0.2, 0.25) is 0 Å². The Kier molecular flexibility index (Phi) is 3.60. The lowest BCUT2D eigenvalue weighted by Gasteiger charge is -2.16. The lowest BCUT2D eigenvalue weighted by atomic mass is 9.95. The van der Waals surface area contributed by atoms with Gasteiger partial charge in [-0.3, -0.25) is 9.58 Å². The fraction of sp³-hybridized carbons (Fsp3) is 0.316. The average Bonchev–Trinajstić information content (AvgIpc) is 3.37. The molecule has 2 aromatic heterocycles. The first-order chi connectivity index (χ1) is 12.5. The van der Waals surface area contributed by atoms with E-state index in [0.29, 0.717) is 11.4 Å². The Bertz CT molecular complexity index is 1070. The number of aromatic nitrogens is 2. The Morgan fingerprint density at radius 3 is 2.85 bits per heavy atom. The van der Waals surface area contributed by atoms with Gasteiger partial charge in [0.1, 0.15) is 0 Å². The SMILES string of the molecule is Cn1cc(-c2ccc3c(c2)[C@H]2CN(Cc4ccsc4)C[C@H]2S3(=O)=O)cn1. The molecule has 0 aliphatic carbocycles. The molecule has 1 aromatic carbocycles. The van der Waals surface area contributed by atoms with Crippen molar-refractivity contribution >= 4 is 21.2 Å². The van der Waals surface area contributed by atoms with E-state index in [0.717, 1.165) is 29.8 Å². The van der Waals surface area contributed by atoms with Crippen LogP contribution in [-0.2, 0) is 23.4 Å². The summed E-state index contributed by atoms with van der Waals surface area (Å²) in [6.07, 6.45) is 3.78. The van der Waals surface area contributed by atoms with Gasteiger partial charge in [-0.1, -0.05) is 6.07 Å². The zero-order valence-corrected chi connectivity index (χ0v) is 16.0. The first kappa shape index (κ1) is 16.2. The van der Waals surface area contributed by atoms with Gasteiger partial charge in [-0.25, -0.2) is 8.42 Å². The molecule has 7 heteroatoms. The highest BCUT2D eigenvalue weighted by molar-refractivity contribution is 7.92. The van der Waals surface area contributed by atoms with Crippen LogP contribution in [0.4, 0.5) is 0 Å². The summed E-state index contributed by atoms with van der Waals surface area (Å²) in [6, 6.07) is 7.86. The van der Waals surface area contributed by atoms with Crippen LogP contribution in [0.15, 0.2) is 52.3 Å². The van der Waals surface area contributed by atoms with Crippen molar-refractivity contribution in [2.45, 2.75) is 22.6 Å². The Balaban J connectivity index is 1.50. The quantitative estimate of drug-likeness (QED) is 0.696. The second-order valence-electron chi connectivity index (χ2n) is 7.17. The van der Waals surface area contributed by atoms with Gasteiger partial charge in [0.25, 0.3) is 0 Å². The minimum atomic E-state index is -3.25. The Morgan fingerprint density at radius 2 is 2.12 bits per heavy atom. The number of thiophene rings is 1. The molecule has 0 unspecified atom stereocenters. The number of fused-ring (bicyclic) bond motifs is 3. The van der Waals surface area contributed by atoms with Crippen LogP contribution in [-0.4, -0.2) is 41.4 Å². The summed E-state index contributed by atoms with van der Waals surface area (Å²) >= 11 is 1.68. The Hall–Kier alpha value is -1.96. The minimum Gasteiger partial charge on any atom is -0.297 e. The molecular weight excluding hydrogens is 366 g/mol. The summed E-state index contributed by atoms with van der Waals surface area (Å²) in [7, 11) is -1.36. The van der Waals surface area contributed by atoms with Crippen LogP contribution < -0.4 is 0 Å². The molecule has 0 amide bonds. The van der Waals surface area contributed by atoms with Gasteiger partial charge < -0.3 is 0 Å². The second-order valence-corrected chi connectivity index (χ2v) is 10.1. The molecule has 2 atom stereocenters. The number of rotatable bonds is 3. The van der Waals surface area contributed by atoms with Crippen LogP contribution in [0.25, 0.3) is 11.1 Å². The first-order valence-corrected chi connectivity index (χ1v) is 11.1. The smallest absolute Gasteiger partial charge is 0.183 e. The molecular formula is C19H19N3O2S2. The molecule has 5 nitrogen and oxygen atoms in total. The van der Waals surface area contributed by atoms with Crippen LogP contribution >= 0.6 is 11.3 Å². The maximum atomic E-state index is 13.0. The summed E-state index contributed by atoms with van der Waals surface area (Å²) in [5.41, 5.74) is 4.29.